The number of carbonyl (C=O) groups excluding carboxylic acids is 1. The number of aromatic nitrogens is 1. The first-order valence-corrected chi connectivity index (χ1v) is 11.1. The Morgan fingerprint density at radius 2 is 1.73 bits per heavy atom. The van der Waals surface area contributed by atoms with E-state index in [9.17, 15) is 31.5 Å². The monoisotopic (exact) mass is 461 g/mol. The van der Waals surface area contributed by atoms with Gasteiger partial charge in [0.05, 0.1) is 6.61 Å². The fourth-order valence-corrected chi connectivity index (χ4v) is 3.64. The third kappa shape index (κ3) is 5.87. The summed E-state index contributed by atoms with van der Waals surface area (Å²) in [5.41, 5.74) is 0.189. The van der Waals surface area contributed by atoms with Gasteiger partial charge >= 0.3 is 26.6 Å². The van der Waals surface area contributed by atoms with E-state index >= 15 is 0 Å². The number of carboxylic acid groups (broad SMARTS) is 1. The summed E-state index contributed by atoms with van der Waals surface area (Å²) < 4.78 is 57.2. The minimum absolute atomic E-state index is 0.103. The van der Waals surface area contributed by atoms with Crippen molar-refractivity contribution in [3.63, 3.8) is 0 Å². The summed E-state index contributed by atoms with van der Waals surface area (Å²) in [7, 11) is -7.36. The molecule has 0 saturated carbocycles. The van der Waals surface area contributed by atoms with Crippen molar-refractivity contribution < 1.29 is 40.3 Å². The molecule has 30 heavy (non-hydrogen) atoms. The number of nitrogens with zero attached hydrogens (tertiary/aromatic N) is 2. The van der Waals surface area contributed by atoms with E-state index < -0.39 is 38.2 Å². The molecule has 0 radical (unpaired) electrons. The molecule has 1 heterocycles. The lowest BCUT2D eigenvalue weighted by atomic mass is 10.0. The molecule has 1 amide bonds. The highest BCUT2D eigenvalue weighted by molar-refractivity contribution is 7.87. The highest BCUT2D eigenvalue weighted by atomic mass is 32.3. The van der Waals surface area contributed by atoms with E-state index in [0.717, 1.165) is 6.20 Å². The van der Waals surface area contributed by atoms with Gasteiger partial charge in [0.25, 0.3) is 5.91 Å². The molecule has 1 aromatic carbocycles. The van der Waals surface area contributed by atoms with Gasteiger partial charge in [0.1, 0.15) is 0 Å². The highest BCUT2D eigenvalue weighted by Gasteiger charge is 2.23. The predicted molar refractivity (Wildman–Crippen MR) is 104 cm³/mol. The standard InChI is InChI=1S/C16H19N3O9S2/c1-18(8-2-10-28-30(25,26)27)15(20)12-5-3-11(4-6-12)13-7-9-19(29(17,23)24)14(13)16(21)22/h3-7,9H,2,8,10H2,1H3,(H,21,22)(H2,17,23,24)(H,25,26,27). The normalized spacial score (nSPS) is 12.0. The second-order valence-corrected chi connectivity index (χ2v) is 8.65. The lowest BCUT2D eigenvalue weighted by Gasteiger charge is -2.17. The molecule has 0 aliphatic heterocycles. The van der Waals surface area contributed by atoms with E-state index in [1.807, 2.05) is 0 Å². The van der Waals surface area contributed by atoms with Crippen molar-refractivity contribution in [2.24, 2.45) is 5.14 Å². The zero-order chi connectivity index (χ0) is 22.7. The van der Waals surface area contributed by atoms with Crippen molar-refractivity contribution in [1.29, 1.82) is 0 Å². The maximum atomic E-state index is 12.4. The third-order valence-corrected chi connectivity index (χ3v) is 5.31. The third-order valence-electron chi connectivity index (χ3n) is 3.99. The highest BCUT2D eigenvalue weighted by Crippen LogP contribution is 2.26. The molecule has 0 bridgehead atoms. The summed E-state index contributed by atoms with van der Waals surface area (Å²) in [5.74, 6) is -1.88. The van der Waals surface area contributed by atoms with Crippen molar-refractivity contribution in [1.82, 2.24) is 8.87 Å². The molecule has 4 N–H and O–H groups in total. The van der Waals surface area contributed by atoms with Crippen LogP contribution in [0, 0.1) is 0 Å². The first-order valence-electron chi connectivity index (χ1n) is 8.27. The van der Waals surface area contributed by atoms with E-state index in [1.165, 1.54) is 42.3 Å². The largest absolute Gasteiger partial charge is 0.477 e. The number of hydrogen-bond donors (Lipinski definition) is 3. The topological polar surface area (TPSA) is 186 Å². The van der Waals surface area contributed by atoms with Crippen molar-refractivity contribution in [3.05, 3.63) is 47.8 Å². The summed E-state index contributed by atoms with van der Waals surface area (Å²) in [5, 5.41) is 14.4. The van der Waals surface area contributed by atoms with Crippen LogP contribution in [0.15, 0.2) is 36.5 Å². The van der Waals surface area contributed by atoms with Gasteiger partial charge in [-0.15, -0.1) is 0 Å². The number of hydrogen-bond acceptors (Lipinski definition) is 7. The second kappa shape index (κ2) is 8.93. The van der Waals surface area contributed by atoms with Crippen molar-refractivity contribution in [3.8, 4) is 11.1 Å². The van der Waals surface area contributed by atoms with Crippen LogP contribution in [-0.4, -0.2) is 67.4 Å². The van der Waals surface area contributed by atoms with E-state index in [-0.39, 0.29) is 30.7 Å². The molecule has 2 aromatic rings. The van der Waals surface area contributed by atoms with Crippen LogP contribution in [0.2, 0.25) is 0 Å². The van der Waals surface area contributed by atoms with E-state index in [2.05, 4.69) is 4.18 Å². The summed E-state index contributed by atoms with van der Waals surface area (Å²) in [6.07, 6.45) is 1.18. The Bertz CT molecular complexity index is 1150. The molecule has 0 saturated heterocycles. The molecule has 0 unspecified atom stereocenters. The van der Waals surface area contributed by atoms with Gasteiger partial charge in [0.2, 0.25) is 0 Å². The van der Waals surface area contributed by atoms with E-state index in [0.29, 0.717) is 9.54 Å². The first kappa shape index (κ1) is 23.5. The average molecular weight is 461 g/mol. The zero-order valence-corrected chi connectivity index (χ0v) is 17.3. The second-order valence-electron chi connectivity index (χ2n) is 6.13. The fraction of sp³-hybridized carbons (Fsp3) is 0.250. The van der Waals surface area contributed by atoms with Crippen molar-refractivity contribution in [2.75, 3.05) is 20.2 Å². The molecule has 0 atom stereocenters. The molecule has 2 rings (SSSR count). The van der Waals surface area contributed by atoms with Gasteiger partial charge in [-0.05, 0) is 30.2 Å². The molecular weight excluding hydrogens is 442 g/mol. The van der Waals surface area contributed by atoms with Gasteiger partial charge in [-0.25, -0.2) is 18.1 Å². The molecular formula is C16H19N3O9S2. The van der Waals surface area contributed by atoms with Gasteiger partial charge in [0.15, 0.2) is 5.69 Å². The van der Waals surface area contributed by atoms with Crippen LogP contribution < -0.4 is 5.14 Å². The molecule has 164 valence electrons. The summed E-state index contributed by atoms with van der Waals surface area (Å²) in [6, 6.07) is 7.06. The molecule has 0 spiro atoms. The van der Waals surface area contributed by atoms with Gasteiger partial charge in [-0.2, -0.15) is 16.8 Å². The molecule has 0 fully saturated rings. The zero-order valence-electron chi connectivity index (χ0n) is 15.6. The Balaban J connectivity index is 2.16. The van der Waals surface area contributed by atoms with Crippen LogP contribution in [0.5, 0.6) is 0 Å². The fourth-order valence-electron chi connectivity index (χ4n) is 2.65. The van der Waals surface area contributed by atoms with E-state index in [4.69, 9.17) is 9.69 Å². The molecule has 14 heteroatoms. The van der Waals surface area contributed by atoms with Crippen LogP contribution >= 0.6 is 0 Å². The van der Waals surface area contributed by atoms with Crippen LogP contribution in [0.3, 0.4) is 0 Å². The minimum Gasteiger partial charge on any atom is -0.477 e. The number of benzene rings is 1. The number of amides is 1. The summed E-state index contributed by atoms with van der Waals surface area (Å²) in [6.45, 7) is -0.148. The summed E-state index contributed by atoms with van der Waals surface area (Å²) in [4.78, 5) is 25.2. The molecule has 0 aliphatic carbocycles. The number of nitrogens with two attached hydrogens (primary N) is 1. The maximum Gasteiger partial charge on any atom is 0.397 e. The first-order chi connectivity index (χ1) is 13.8. The molecule has 0 aliphatic rings. The Morgan fingerprint density at radius 3 is 2.23 bits per heavy atom. The maximum absolute atomic E-state index is 12.4. The van der Waals surface area contributed by atoms with Gasteiger partial charge < -0.3 is 10.0 Å². The van der Waals surface area contributed by atoms with Gasteiger partial charge in [-0.1, -0.05) is 12.1 Å². The van der Waals surface area contributed by atoms with Crippen LogP contribution in [-0.2, 0) is 24.8 Å². The lowest BCUT2D eigenvalue weighted by molar-refractivity contribution is 0.0689. The smallest absolute Gasteiger partial charge is 0.397 e. The molecule has 1 aromatic heterocycles. The predicted octanol–water partition coefficient (Wildman–Crippen LogP) is 0.186. The van der Waals surface area contributed by atoms with Crippen LogP contribution in [0.4, 0.5) is 0 Å². The van der Waals surface area contributed by atoms with Crippen molar-refractivity contribution in [2.45, 2.75) is 6.42 Å². The van der Waals surface area contributed by atoms with Gasteiger partial charge in [0, 0.05) is 30.9 Å². The lowest BCUT2D eigenvalue weighted by Crippen LogP contribution is -2.28. The number of aromatic carboxylic acids is 1. The quantitative estimate of drug-likeness (QED) is 0.346. The molecule has 12 nitrogen and oxygen atoms in total. The Labute approximate surface area is 172 Å². The van der Waals surface area contributed by atoms with Crippen LogP contribution in [0.25, 0.3) is 11.1 Å². The Hall–Kier alpha value is -2.78. The Morgan fingerprint density at radius 1 is 1.13 bits per heavy atom. The number of carboxylic acids is 1. The minimum atomic E-state index is -4.54. The van der Waals surface area contributed by atoms with Crippen molar-refractivity contribution >= 4 is 32.5 Å². The SMILES string of the molecule is CN(CCCOS(=O)(=O)O)C(=O)c1ccc(-c2ccn(S(N)(=O)=O)c2C(=O)O)cc1. The number of rotatable bonds is 9. The van der Waals surface area contributed by atoms with E-state index in [1.54, 1.807) is 0 Å². The average Bonchev–Trinajstić information content (AvgIpc) is 3.09. The summed E-state index contributed by atoms with van der Waals surface area (Å²) >= 11 is 0. The van der Waals surface area contributed by atoms with Gasteiger partial charge in [-0.3, -0.25) is 9.35 Å². The number of carbonyl (C=O) groups is 2. The van der Waals surface area contributed by atoms with Crippen LogP contribution in [0.1, 0.15) is 27.3 Å². The Kier molecular flexibility index (Phi) is 6.99.